The van der Waals surface area contributed by atoms with E-state index in [-0.39, 0.29) is 6.04 Å². The molecule has 5 atom stereocenters. The molecule has 2 aliphatic carbocycles. The van der Waals surface area contributed by atoms with Gasteiger partial charge in [0.1, 0.15) is 0 Å². The Labute approximate surface area is 154 Å². The van der Waals surface area contributed by atoms with Crippen molar-refractivity contribution < 1.29 is 9.90 Å². The Morgan fingerprint density at radius 3 is 2.62 bits per heavy atom. The quantitative estimate of drug-likeness (QED) is 0.917. The number of carboxylic acid groups (broad SMARTS) is 1. The Morgan fingerprint density at radius 1 is 1.12 bits per heavy atom. The average molecular weight is 346 g/mol. The summed E-state index contributed by atoms with van der Waals surface area (Å²) in [4.78, 5) is 11.7. The number of hydrogen-bond acceptors (Lipinski definition) is 3. The zero-order chi connectivity index (χ0) is 17.8. The van der Waals surface area contributed by atoms with Gasteiger partial charge in [0.15, 0.2) is 0 Å². The topological polar surface area (TPSA) is 52.2 Å². The van der Waals surface area contributed by atoms with Gasteiger partial charge in [-0.25, -0.2) is 0 Å². The Morgan fingerprint density at radius 2 is 1.88 bits per heavy atom. The monoisotopic (exact) mass is 346 g/mol. The number of carbonyl (C=O) groups excluding carboxylic acids is 1. The summed E-state index contributed by atoms with van der Waals surface area (Å²) in [7, 11) is 0. The highest BCUT2D eigenvalue weighted by molar-refractivity contribution is 5.94. The third-order valence-corrected chi connectivity index (χ3v) is 7.09. The first-order valence-corrected chi connectivity index (χ1v) is 9.87. The molecule has 1 aliphatic heterocycles. The number of anilines is 1. The second kappa shape index (κ2) is 5.87. The first-order chi connectivity index (χ1) is 12.7. The van der Waals surface area contributed by atoms with Crippen molar-refractivity contribution in [3.63, 3.8) is 0 Å². The molecule has 2 bridgehead atoms. The minimum atomic E-state index is -1.09. The van der Waals surface area contributed by atoms with Crippen LogP contribution in [0.3, 0.4) is 0 Å². The molecule has 0 spiro atoms. The summed E-state index contributed by atoms with van der Waals surface area (Å²) in [5, 5.41) is 15.3. The normalized spacial score (nSPS) is 31.2. The van der Waals surface area contributed by atoms with E-state index in [2.05, 4.69) is 42.6 Å². The second-order valence-electron chi connectivity index (χ2n) is 8.21. The van der Waals surface area contributed by atoms with Gasteiger partial charge in [-0.1, -0.05) is 49.4 Å². The van der Waals surface area contributed by atoms with Gasteiger partial charge >= 0.3 is 0 Å². The standard InChI is InChI=1S/C23H25NO2/c1-2-13-6-8-14(9-7-13)21-20-16-11-10-15(12-16)19(20)17-4-3-5-18(23(25)26)22(17)24-21/h3-9,15-16,19-21,24H,2,10-12H2,1H3,(H,25,26)/p-1/t15-,16+,19+,20+,21+/m0/s1. The van der Waals surface area contributed by atoms with Crippen LogP contribution in [-0.4, -0.2) is 5.97 Å². The molecule has 0 radical (unpaired) electrons. The Kier molecular flexibility index (Phi) is 3.59. The van der Waals surface area contributed by atoms with Crippen molar-refractivity contribution in [2.24, 2.45) is 17.8 Å². The largest absolute Gasteiger partial charge is 0.545 e. The van der Waals surface area contributed by atoms with Crippen LogP contribution in [0.25, 0.3) is 0 Å². The van der Waals surface area contributed by atoms with Gasteiger partial charge < -0.3 is 15.2 Å². The molecule has 3 aliphatic rings. The van der Waals surface area contributed by atoms with E-state index in [1.54, 1.807) is 6.07 Å². The lowest BCUT2D eigenvalue weighted by molar-refractivity contribution is -0.254. The summed E-state index contributed by atoms with van der Waals surface area (Å²) in [6, 6.07) is 14.7. The van der Waals surface area contributed by atoms with Crippen molar-refractivity contribution >= 4 is 11.7 Å². The molecular formula is C23H24NO2-. The minimum Gasteiger partial charge on any atom is -0.545 e. The fourth-order valence-electron chi connectivity index (χ4n) is 5.97. The van der Waals surface area contributed by atoms with Crippen molar-refractivity contribution in [3.05, 3.63) is 64.7 Å². The van der Waals surface area contributed by atoms with Crippen LogP contribution in [-0.2, 0) is 6.42 Å². The number of benzene rings is 2. The highest BCUT2D eigenvalue weighted by atomic mass is 16.4. The van der Waals surface area contributed by atoms with Gasteiger partial charge in [0.2, 0.25) is 0 Å². The van der Waals surface area contributed by atoms with Crippen LogP contribution < -0.4 is 10.4 Å². The third kappa shape index (κ3) is 2.22. The van der Waals surface area contributed by atoms with E-state index in [4.69, 9.17) is 0 Å². The zero-order valence-electron chi connectivity index (χ0n) is 15.1. The van der Waals surface area contributed by atoms with Gasteiger partial charge in [0, 0.05) is 11.3 Å². The number of carbonyl (C=O) groups is 1. The fourth-order valence-corrected chi connectivity index (χ4v) is 5.97. The number of nitrogens with one attached hydrogen (secondary N) is 1. The van der Waals surface area contributed by atoms with E-state index in [0.29, 0.717) is 23.3 Å². The van der Waals surface area contributed by atoms with Gasteiger partial charge in [-0.05, 0) is 66.0 Å². The lowest BCUT2D eigenvalue weighted by Gasteiger charge is -2.44. The highest BCUT2D eigenvalue weighted by Gasteiger charge is 2.54. The molecule has 2 aromatic rings. The van der Waals surface area contributed by atoms with Crippen LogP contribution in [0, 0.1) is 17.8 Å². The highest BCUT2D eigenvalue weighted by Crippen LogP contribution is 2.63. The van der Waals surface area contributed by atoms with Gasteiger partial charge in [-0.15, -0.1) is 0 Å². The van der Waals surface area contributed by atoms with Gasteiger partial charge in [-0.2, -0.15) is 0 Å². The van der Waals surface area contributed by atoms with Crippen LogP contribution >= 0.6 is 0 Å². The number of carboxylic acids is 1. The van der Waals surface area contributed by atoms with Crippen LogP contribution in [0.15, 0.2) is 42.5 Å². The van der Waals surface area contributed by atoms with E-state index in [1.165, 1.54) is 36.0 Å². The first kappa shape index (κ1) is 15.9. The fraction of sp³-hybridized carbons (Fsp3) is 0.435. The maximum Gasteiger partial charge on any atom is 0.0736 e. The molecule has 1 heterocycles. The van der Waals surface area contributed by atoms with Gasteiger partial charge in [-0.3, -0.25) is 0 Å². The molecule has 26 heavy (non-hydrogen) atoms. The lowest BCUT2D eigenvalue weighted by atomic mass is 9.67. The van der Waals surface area contributed by atoms with Gasteiger partial charge in [0.05, 0.1) is 12.0 Å². The van der Waals surface area contributed by atoms with Crippen LogP contribution in [0.1, 0.15) is 65.2 Å². The molecule has 0 aromatic heterocycles. The SMILES string of the molecule is CCc1ccc([C@H]2Nc3c(C(=O)[O-])cccc3[C@H]3[C@H]4CC[C@H](C4)[C@H]32)cc1. The molecule has 2 fully saturated rings. The van der Waals surface area contributed by atoms with E-state index >= 15 is 0 Å². The van der Waals surface area contributed by atoms with Crippen molar-refractivity contribution in [2.75, 3.05) is 5.32 Å². The number of hydrogen-bond donors (Lipinski definition) is 1. The number of rotatable bonds is 3. The zero-order valence-corrected chi connectivity index (χ0v) is 15.1. The van der Waals surface area contributed by atoms with E-state index in [1.807, 2.05) is 6.07 Å². The molecule has 0 saturated heterocycles. The van der Waals surface area contributed by atoms with Crippen molar-refractivity contribution in [1.29, 1.82) is 0 Å². The summed E-state index contributed by atoms with van der Waals surface area (Å²) >= 11 is 0. The summed E-state index contributed by atoms with van der Waals surface area (Å²) in [5.41, 5.74) is 4.92. The predicted octanol–water partition coefficient (Wildman–Crippen LogP) is 3.91. The number of para-hydroxylation sites is 1. The molecule has 3 heteroatoms. The molecule has 2 saturated carbocycles. The van der Waals surface area contributed by atoms with Crippen LogP contribution in [0.5, 0.6) is 0 Å². The predicted molar refractivity (Wildman–Crippen MR) is 100 cm³/mol. The molecule has 2 aromatic carbocycles. The maximum absolute atomic E-state index is 11.7. The van der Waals surface area contributed by atoms with E-state index < -0.39 is 5.97 Å². The molecular weight excluding hydrogens is 322 g/mol. The minimum absolute atomic E-state index is 0.189. The van der Waals surface area contributed by atoms with Crippen molar-refractivity contribution in [2.45, 2.75) is 44.6 Å². The average Bonchev–Trinajstić information content (AvgIpc) is 3.29. The lowest BCUT2D eigenvalue weighted by Crippen LogP contribution is -2.37. The van der Waals surface area contributed by atoms with E-state index in [9.17, 15) is 9.90 Å². The van der Waals surface area contributed by atoms with Crippen LogP contribution in [0.2, 0.25) is 0 Å². The molecule has 1 N–H and O–H groups in total. The molecule has 134 valence electrons. The first-order valence-electron chi connectivity index (χ1n) is 9.87. The number of aromatic carboxylic acids is 1. The second-order valence-corrected chi connectivity index (χ2v) is 8.21. The van der Waals surface area contributed by atoms with Crippen molar-refractivity contribution in [3.8, 4) is 0 Å². The Balaban J connectivity index is 1.64. The van der Waals surface area contributed by atoms with Crippen molar-refractivity contribution in [1.82, 2.24) is 0 Å². The molecule has 0 unspecified atom stereocenters. The summed E-state index contributed by atoms with van der Waals surface area (Å²) < 4.78 is 0. The molecule has 0 amide bonds. The van der Waals surface area contributed by atoms with Gasteiger partial charge in [0.25, 0.3) is 0 Å². The van der Waals surface area contributed by atoms with Crippen LogP contribution in [0.4, 0.5) is 5.69 Å². The summed E-state index contributed by atoms with van der Waals surface area (Å²) in [5.74, 6) is 1.38. The Bertz CT molecular complexity index is 857. The smallest absolute Gasteiger partial charge is 0.0736 e. The maximum atomic E-state index is 11.7. The Hall–Kier alpha value is -2.29. The number of fused-ring (bicyclic) bond motifs is 7. The number of aryl methyl sites for hydroxylation is 1. The molecule has 3 nitrogen and oxygen atoms in total. The molecule has 5 rings (SSSR count). The third-order valence-electron chi connectivity index (χ3n) is 7.09. The summed E-state index contributed by atoms with van der Waals surface area (Å²) in [6.45, 7) is 2.17. The van der Waals surface area contributed by atoms with E-state index in [0.717, 1.165) is 18.0 Å². The summed E-state index contributed by atoms with van der Waals surface area (Å²) in [6.07, 6.45) is 4.91.